The minimum Gasteiger partial charge on any atom is -0.748 e. The van der Waals surface area contributed by atoms with E-state index in [4.69, 9.17) is 18.9 Å². The van der Waals surface area contributed by atoms with E-state index in [9.17, 15) is 37.9 Å². The molecule has 1 aliphatic heterocycles. The van der Waals surface area contributed by atoms with E-state index in [2.05, 4.69) is 50.3 Å². The molecular weight excluding hydrogens is 755 g/mol. The number of unbranched alkanes of at least 4 members (excludes halogenated alkanes) is 17. The molecule has 1 saturated heterocycles. The second-order valence-corrected chi connectivity index (χ2v) is 16.4. The van der Waals surface area contributed by atoms with Gasteiger partial charge >= 0.3 is 11.9 Å². The lowest BCUT2D eigenvalue weighted by atomic mass is 10.00. The highest BCUT2D eigenvalue weighted by Gasteiger charge is 2.45. The van der Waals surface area contributed by atoms with Crippen molar-refractivity contribution in [2.45, 2.75) is 205 Å². The number of esters is 2. The van der Waals surface area contributed by atoms with E-state index >= 15 is 0 Å². The van der Waals surface area contributed by atoms with E-state index in [1.165, 1.54) is 57.8 Å². The fourth-order valence-corrected chi connectivity index (χ4v) is 7.07. The Hall–Kier alpha value is -2.17. The summed E-state index contributed by atoms with van der Waals surface area (Å²) < 4.78 is 55.7. The van der Waals surface area contributed by atoms with Crippen molar-refractivity contribution in [2.24, 2.45) is 0 Å². The molecule has 13 nitrogen and oxygen atoms in total. The zero-order chi connectivity index (χ0) is 41.3. The number of carbonyl (C=O) groups is 2. The molecule has 0 spiro atoms. The number of quaternary nitrogens is 1. The molecule has 6 atom stereocenters. The second kappa shape index (κ2) is 35.7. The smallest absolute Gasteiger partial charge is 0.306 e. The number of aliphatic hydroxyl groups excluding tert-OH is 3. The standard InChI is InChI=1S/C43H76O12S.H3N/c1-3-5-7-9-11-13-15-17-18-20-21-23-25-27-29-31-38(44)52-33-36(34-53-43-42(48)41(47)40(46)37(55-43)35-56(49,50)51)54-39(45)32-30-28-26-24-22-19-16-14-12-10-8-6-4-2;/h5,7,11,13,17-18,36-37,40-43,46-48H,3-4,6,8-10,12,14-16,19-35H2,1-2H3,(H,49,50,51);1H3/b7-5-,13-11-,18-17-;/t36-,37-,40-,41+,42-,43+;/m1./s1. The Morgan fingerprint density at radius 1 is 0.649 bits per heavy atom. The van der Waals surface area contributed by atoms with Crippen LogP contribution in [0.25, 0.3) is 0 Å². The monoisotopic (exact) mass is 834 g/mol. The fourth-order valence-electron chi connectivity index (χ4n) is 6.39. The third-order valence-electron chi connectivity index (χ3n) is 9.73. The Bertz CT molecular complexity index is 1190. The van der Waals surface area contributed by atoms with Crippen molar-refractivity contribution in [1.29, 1.82) is 0 Å². The zero-order valence-corrected chi connectivity index (χ0v) is 36.3. The maximum absolute atomic E-state index is 12.8. The molecule has 1 heterocycles. The van der Waals surface area contributed by atoms with Gasteiger partial charge in [-0.1, -0.05) is 147 Å². The first-order valence-corrected chi connectivity index (χ1v) is 23.1. The molecule has 1 fully saturated rings. The van der Waals surface area contributed by atoms with E-state index in [0.717, 1.165) is 70.6 Å². The van der Waals surface area contributed by atoms with E-state index in [0.29, 0.717) is 12.8 Å². The molecule has 1 rings (SSSR count). The molecule has 57 heavy (non-hydrogen) atoms. The normalized spacial score (nSPS) is 20.6. The quantitative estimate of drug-likeness (QED) is 0.0205. The summed E-state index contributed by atoms with van der Waals surface area (Å²) in [5.74, 6) is -2.13. The summed E-state index contributed by atoms with van der Waals surface area (Å²) in [5.41, 5.74) is 0. The van der Waals surface area contributed by atoms with Gasteiger partial charge in [-0.15, -0.1) is 0 Å². The van der Waals surface area contributed by atoms with Crippen molar-refractivity contribution < 1.29 is 56.8 Å². The molecular formula is C43H79NO12S. The number of carbonyl (C=O) groups excluding carboxylic acids is 2. The molecule has 0 aliphatic carbocycles. The van der Waals surface area contributed by atoms with Gasteiger partial charge in [-0.3, -0.25) is 9.59 Å². The van der Waals surface area contributed by atoms with Crippen LogP contribution in [0.3, 0.4) is 0 Å². The van der Waals surface area contributed by atoms with Crippen LogP contribution in [0.2, 0.25) is 0 Å². The van der Waals surface area contributed by atoms with Crippen LogP contribution >= 0.6 is 0 Å². The van der Waals surface area contributed by atoms with E-state index in [-0.39, 0.29) is 25.6 Å². The maximum Gasteiger partial charge on any atom is 0.306 e. The Morgan fingerprint density at radius 3 is 1.68 bits per heavy atom. The van der Waals surface area contributed by atoms with Crippen molar-refractivity contribution in [1.82, 2.24) is 6.15 Å². The summed E-state index contributed by atoms with van der Waals surface area (Å²) in [7, 11) is -4.85. The first-order chi connectivity index (χ1) is 27.0. The van der Waals surface area contributed by atoms with Crippen LogP contribution in [-0.4, -0.2) is 96.0 Å². The maximum atomic E-state index is 12.8. The topological polar surface area (TPSA) is 225 Å². The summed E-state index contributed by atoms with van der Waals surface area (Å²) in [6, 6.07) is 0. The van der Waals surface area contributed by atoms with Crippen LogP contribution in [0.1, 0.15) is 168 Å². The van der Waals surface area contributed by atoms with Gasteiger partial charge < -0.3 is 45.0 Å². The summed E-state index contributed by atoms with van der Waals surface area (Å²) >= 11 is 0. The summed E-state index contributed by atoms with van der Waals surface area (Å²) in [6.45, 7) is 3.59. The molecule has 0 amide bonds. The van der Waals surface area contributed by atoms with Crippen molar-refractivity contribution in [3.63, 3.8) is 0 Å². The molecule has 14 heteroatoms. The average molecular weight is 834 g/mol. The largest absolute Gasteiger partial charge is 0.748 e. The van der Waals surface area contributed by atoms with Crippen molar-refractivity contribution >= 4 is 22.1 Å². The third-order valence-corrected chi connectivity index (χ3v) is 10.5. The number of hydrogen-bond donors (Lipinski definition) is 4. The van der Waals surface area contributed by atoms with Gasteiger partial charge in [0.1, 0.15) is 31.0 Å². The van der Waals surface area contributed by atoms with Gasteiger partial charge in [-0.05, 0) is 44.9 Å². The van der Waals surface area contributed by atoms with Gasteiger partial charge in [0.2, 0.25) is 0 Å². The van der Waals surface area contributed by atoms with Crippen LogP contribution in [0.15, 0.2) is 36.5 Å². The first-order valence-electron chi connectivity index (χ1n) is 21.5. The zero-order valence-electron chi connectivity index (χ0n) is 35.4. The Kier molecular flexibility index (Phi) is 34.4. The summed E-state index contributed by atoms with van der Waals surface area (Å²) in [5, 5.41) is 30.8. The first kappa shape index (κ1) is 54.8. The minimum absolute atomic E-state index is 0. The SMILES string of the molecule is CC/C=C\C/C=C\C/C=C\CCCCCCCC(=O)OC[C@H](CO[C@H]1O[C@H](CS(=O)(=O)[O-])[C@@H](O)[C@H](O)[C@H]1O)OC(=O)CCCCCCCCCCCCCCC.[NH4+]. The highest BCUT2D eigenvalue weighted by atomic mass is 32.2. The van der Waals surface area contributed by atoms with Crippen LogP contribution in [0, 0.1) is 0 Å². The predicted octanol–water partition coefficient (Wildman–Crippen LogP) is 8.26. The number of allylic oxidation sites excluding steroid dienone is 6. The summed E-state index contributed by atoms with van der Waals surface area (Å²) in [4.78, 5) is 25.3. The lowest BCUT2D eigenvalue weighted by molar-refractivity contribution is -0.297. The molecule has 0 aromatic carbocycles. The lowest BCUT2D eigenvalue weighted by Gasteiger charge is -2.40. The van der Waals surface area contributed by atoms with Gasteiger partial charge in [0, 0.05) is 12.8 Å². The highest BCUT2D eigenvalue weighted by molar-refractivity contribution is 7.85. The van der Waals surface area contributed by atoms with E-state index in [1.807, 2.05) is 0 Å². The number of ether oxygens (including phenoxy) is 4. The minimum atomic E-state index is -4.85. The molecule has 0 bridgehead atoms. The molecule has 0 saturated carbocycles. The van der Waals surface area contributed by atoms with Gasteiger partial charge in [-0.2, -0.15) is 0 Å². The van der Waals surface area contributed by atoms with Gasteiger partial charge in [0.05, 0.1) is 22.5 Å². The van der Waals surface area contributed by atoms with Crippen LogP contribution in [0.4, 0.5) is 0 Å². The molecule has 1 aliphatic rings. The molecule has 0 aromatic rings. The molecule has 334 valence electrons. The second-order valence-electron chi connectivity index (χ2n) is 15.0. The van der Waals surface area contributed by atoms with E-state index in [1.54, 1.807) is 0 Å². The van der Waals surface area contributed by atoms with E-state index < -0.39 is 71.2 Å². The predicted molar refractivity (Wildman–Crippen MR) is 224 cm³/mol. The molecule has 0 aromatic heterocycles. The number of hydrogen-bond acceptors (Lipinski definition) is 12. The van der Waals surface area contributed by atoms with Crippen LogP contribution in [0.5, 0.6) is 0 Å². The Balaban J connectivity index is 0.0000314. The van der Waals surface area contributed by atoms with Gasteiger partial charge in [-0.25, -0.2) is 8.42 Å². The van der Waals surface area contributed by atoms with Crippen molar-refractivity contribution in [3.8, 4) is 0 Å². The average Bonchev–Trinajstić information content (AvgIpc) is 3.16. The van der Waals surface area contributed by atoms with Crippen molar-refractivity contribution in [3.05, 3.63) is 36.5 Å². The molecule has 7 N–H and O–H groups in total. The Morgan fingerprint density at radius 2 is 1.14 bits per heavy atom. The fraction of sp³-hybridized carbons (Fsp3) is 0.814. The number of rotatable bonds is 35. The third kappa shape index (κ3) is 30.5. The van der Waals surface area contributed by atoms with Crippen molar-refractivity contribution in [2.75, 3.05) is 19.0 Å². The lowest BCUT2D eigenvalue weighted by Crippen LogP contribution is -2.60. The highest BCUT2D eigenvalue weighted by Crippen LogP contribution is 2.24. The number of aliphatic hydroxyl groups is 3. The van der Waals surface area contributed by atoms with Gasteiger partial charge in [0.15, 0.2) is 12.4 Å². The summed E-state index contributed by atoms with van der Waals surface area (Å²) in [6.07, 6.45) is 27.3. The van der Waals surface area contributed by atoms with Crippen LogP contribution in [-0.2, 0) is 38.7 Å². The molecule has 0 unspecified atom stereocenters. The van der Waals surface area contributed by atoms with Crippen LogP contribution < -0.4 is 6.15 Å². The molecule has 0 radical (unpaired) electrons. The van der Waals surface area contributed by atoms with Gasteiger partial charge in [0.25, 0.3) is 0 Å². The Labute approximate surface area is 344 Å².